The highest BCUT2D eigenvalue weighted by Crippen LogP contribution is 2.19. The van der Waals surface area contributed by atoms with Crippen LogP contribution in [-0.2, 0) is 19.6 Å². The molecule has 1 aromatic heterocycles. The van der Waals surface area contributed by atoms with E-state index in [2.05, 4.69) is 51.2 Å². The van der Waals surface area contributed by atoms with Gasteiger partial charge in [-0.15, -0.1) is 0 Å². The second-order valence-corrected chi connectivity index (χ2v) is 5.64. The highest BCUT2D eigenvalue weighted by atomic mass is 16.5. The molecular formula is C18H25NO2. The lowest BCUT2D eigenvalue weighted by atomic mass is 10.2. The number of benzene rings is 1. The van der Waals surface area contributed by atoms with Crippen molar-refractivity contribution in [3.8, 4) is 5.75 Å². The van der Waals surface area contributed by atoms with Gasteiger partial charge in [0.1, 0.15) is 23.9 Å². The molecule has 3 nitrogen and oxygen atoms in total. The number of aryl methyl sites for hydroxylation is 2. The predicted molar refractivity (Wildman–Crippen MR) is 85.6 cm³/mol. The summed E-state index contributed by atoms with van der Waals surface area (Å²) in [5.74, 6) is 2.75. The van der Waals surface area contributed by atoms with E-state index in [1.807, 2.05) is 12.1 Å². The summed E-state index contributed by atoms with van der Waals surface area (Å²) in [6, 6.07) is 10.7. The van der Waals surface area contributed by atoms with E-state index < -0.39 is 0 Å². The number of nitrogens with one attached hydrogen (secondary N) is 1. The molecule has 2 rings (SSSR count). The standard InChI is InChI=1S/C18H25NO2/c1-5-15-7-6-8-16(10-15)20-12-17-9-14(4)18(21-17)11-19-13(2)3/h6-10,13,19H,5,11-12H2,1-4H3. The van der Waals surface area contributed by atoms with E-state index in [0.29, 0.717) is 12.6 Å². The fraction of sp³-hybridized carbons (Fsp3) is 0.444. The second-order valence-electron chi connectivity index (χ2n) is 5.64. The van der Waals surface area contributed by atoms with Gasteiger partial charge in [-0.05, 0) is 42.7 Å². The maximum atomic E-state index is 5.86. The molecule has 1 aromatic carbocycles. The fourth-order valence-electron chi connectivity index (χ4n) is 2.14. The van der Waals surface area contributed by atoms with Crippen LogP contribution in [0.2, 0.25) is 0 Å². The summed E-state index contributed by atoms with van der Waals surface area (Å²) in [6.45, 7) is 9.70. The van der Waals surface area contributed by atoms with Crippen molar-refractivity contribution in [1.29, 1.82) is 0 Å². The predicted octanol–water partition coefficient (Wildman–Crippen LogP) is 4.23. The molecule has 0 atom stereocenters. The van der Waals surface area contributed by atoms with Gasteiger partial charge in [0.2, 0.25) is 0 Å². The van der Waals surface area contributed by atoms with Crippen LogP contribution >= 0.6 is 0 Å². The number of hydrogen-bond acceptors (Lipinski definition) is 3. The van der Waals surface area contributed by atoms with Crippen molar-refractivity contribution in [2.24, 2.45) is 0 Å². The summed E-state index contributed by atoms with van der Waals surface area (Å²) in [6.07, 6.45) is 1.02. The number of rotatable bonds is 7. The molecule has 0 aliphatic heterocycles. The van der Waals surface area contributed by atoms with Gasteiger partial charge >= 0.3 is 0 Å². The van der Waals surface area contributed by atoms with Gasteiger partial charge in [0.25, 0.3) is 0 Å². The third-order valence-electron chi connectivity index (χ3n) is 3.43. The quantitative estimate of drug-likeness (QED) is 0.827. The highest BCUT2D eigenvalue weighted by molar-refractivity contribution is 5.28. The van der Waals surface area contributed by atoms with Crippen LogP contribution in [0.3, 0.4) is 0 Å². The van der Waals surface area contributed by atoms with Gasteiger partial charge in [0.15, 0.2) is 0 Å². The molecule has 0 saturated carbocycles. The normalized spacial score (nSPS) is 11.1. The fourth-order valence-corrected chi connectivity index (χ4v) is 2.14. The average Bonchev–Trinajstić information content (AvgIpc) is 2.83. The molecule has 0 unspecified atom stereocenters. The van der Waals surface area contributed by atoms with Gasteiger partial charge < -0.3 is 14.5 Å². The molecule has 114 valence electrons. The Balaban J connectivity index is 1.95. The molecule has 2 aromatic rings. The minimum Gasteiger partial charge on any atom is -0.486 e. The van der Waals surface area contributed by atoms with Crippen molar-refractivity contribution in [3.05, 3.63) is 53.0 Å². The van der Waals surface area contributed by atoms with Crippen LogP contribution in [-0.4, -0.2) is 6.04 Å². The maximum absolute atomic E-state index is 5.86. The van der Waals surface area contributed by atoms with E-state index in [0.717, 1.165) is 30.2 Å². The summed E-state index contributed by atoms with van der Waals surface area (Å²) in [7, 11) is 0. The topological polar surface area (TPSA) is 34.4 Å². The Morgan fingerprint density at radius 3 is 2.76 bits per heavy atom. The van der Waals surface area contributed by atoms with Gasteiger partial charge in [-0.25, -0.2) is 0 Å². The van der Waals surface area contributed by atoms with Crippen molar-refractivity contribution in [1.82, 2.24) is 5.32 Å². The van der Waals surface area contributed by atoms with E-state index in [1.54, 1.807) is 0 Å². The molecule has 0 radical (unpaired) electrons. The average molecular weight is 287 g/mol. The van der Waals surface area contributed by atoms with Crippen molar-refractivity contribution < 1.29 is 9.15 Å². The minimum atomic E-state index is 0.450. The lowest BCUT2D eigenvalue weighted by Crippen LogP contribution is -2.21. The lowest BCUT2D eigenvalue weighted by molar-refractivity contribution is 0.264. The Morgan fingerprint density at radius 2 is 2.05 bits per heavy atom. The summed E-state index contributed by atoms with van der Waals surface area (Å²) >= 11 is 0. The third-order valence-corrected chi connectivity index (χ3v) is 3.43. The molecule has 1 N–H and O–H groups in total. The molecule has 0 saturated heterocycles. The SMILES string of the molecule is CCc1cccc(OCc2cc(C)c(CNC(C)C)o2)c1. The second kappa shape index (κ2) is 7.32. The molecular weight excluding hydrogens is 262 g/mol. The van der Waals surface area contributed by atoms with E-state index in [4.69, 9.17) is 9.15 Å². The largest absolute Gasteiger partial charge is 0.486 e. The van der Waals surface area contributed by atoms with Crippen LogP contribution in [0.25, 0.3) is 0 Å². The Kier molecular flexibility index (Phi) is 5.45. The lowest BCUT2D eigenvalue weighted by Gasteiger charge is -2.07. The van der Waals surface area contributed by atoms with E-state index in [9.17, 15) is 0 Å². The van der Waals surface area contributed by atoms with Crippen molar-refractivity contribution >= 4 is 0 Å². The molecule has 0 spiro atoms. The monoisotopic (exact) mass is 287 g/mol. The molecule has 0 amide bonds. The van der Waals surface area contributed by atoms with E-state index in [1.165, 1.54) is 11.1 Å². The van der Waals surface area contributed by atoms with Crippen LogP contribution in [0.1, 0.15) is 43.4 Å². The van der Waals surface area contributed by atoms with Crippen LogP contribution in [0.5, 0.6) is 5.75 Å². The van der Waals surface area contributed by atoms with E-state index in [-0.39, 0.29) is 0 Å². The van der Waals surface area contributed by atoms with E-state index >= 15 is 0 Å². The highest BCUT2D eigenvalue weighted by Gasteiger charge is 2.08. The Morgan fingerprint density at radius 1 is 1.24 bits per heavy atom. The summed E-state index contributed by atoms with van der Waals surface area (Å²) < 4.78 is 11.7. The Labute approximate surface area is 127 Å². The van der Waals surface area contributed by atoms with Gasteiger partial charge in [0.05, 0.1) is 6.54 Å². The summed E-state index contributed by atoms with van der Waals surface area (Å²) in [5.41, 5.74) is 2.45. The minimum absolute atomic E-state index is 0.450. The molecule has 0 aliphatic carbocycles. The zero-order valence-electron chi connectivity index (χ0n) is 13.4. The van der Waals surface area contributed by atoms with Gasteiger partial charge in [-0.2, -0.15) is 0 Å². The Hall–Kier alpha value is -1.74. The van der Waals surface area contributed by atoms with Crippen molar-refractivity contribution in [2.75, 3.05) is 0 Å². The van der Waals surface area contributed by atoms with Crippen LogP contribution < -0.4 is 10.1 Å². The maximum Gasteiger partial charge on any atom is 0.146 e. The van der Waals surface area contributed by atoms with Gasteiger partial charge in [-0.1, -0.05) is 32.9 Å². The van der Waals surface area contributed by atoms with Gasteiger partial charge in [-0.3, -0.25) is 0 Å². The first-order chi connectivity index (χ1) is 10.1. The van der Waals surface area contributed by atoms with Crippen LogP contribution in [0.4, 0.5) is 0 Å². The zero-order valence-corrected chi connectivity index (χ0v) is 13.4. The van der Waals surface area contributed by atoms with Crippen molar-refractivity contribution in [3.63, 3.8) is 0 Å². The first-order valence-electron chi connectivity index (χ1n) is 7.61. The van der Waals surface area contributed by atoms with Crippen molar-refractivity contribution in [2.45, 2.75) is 53.3 Å². The van der Waals surface area contributed by atoms with Crippen LogP contribution in [0, 0.1) is 6.92 Å². The molecule has 21 heavy (non-hydrogen) atoms. The Bertz CT molecular complexity index is 572. The smallest absolute Gasteiger partial charge is 0.146 e. The number of ether oxygens (including phenoxy) is 1. The number of hydrogen-bond donors (Lipinski definition) is 1. The van der Waals surface area contributed by atoms with Gasteiger partial charge in [0, 0.05) is 6.04 Å². The molecule has 0 fully saturated rings. The molecule has 0 aliphatic rings. The van der Waals surface area contributed by atoms with Crippen LogP contribution in [0.15, 0.2) is 34.7 Å². The molecule has 1 heterocycles. The molecule has 0 bridgehead atoms. The first-order valence-corrected chi connectivity index (χ1v) is 7.61. The number of furan rings is 1. The third kappa shape index (κ3) is 4.64. The summed E-state index contributed by atoms with van der Waals surface area (Å²) in [4.78, 5) is 0. The first kappa shape index (κ1) is 15.6. The zero-order chi connectivity index (χ0) is 15.2. The summed E-state index contributed by atoms with van der Waals surface area (Å²) in [5, 5.41) is 3.37. The molecule has 3 heteroatoms.